The van der Waals surface area contributed by atoms with Crippen LogP contribution in [0.3, 0.4) is 0 Å². The van der Waals surface area contributed by atoms with Crippen molar-refractivity contribution in [2.75, 3.05) is 33.7 Å². The SMILES string of the molecule is CN1CCN(C)C(CC(O)Cc2cc(F)ccc2Br)C1. The van der Waals surface area contributed by atoms with Gasteiger partial charge in [0.25, 0.3) is 0 Å². The maximum absolute atomic E-state index is 13.3. The fourth-order valence-electron chi connectivity index (χ4n) is 2.71. The molecule has 0 aromatic heterocycles. The molecule has 3 nitrogen and oxygen atoms in total. The highest BCUT2D eigenvalue weighted by atomic mass is 79.9. The topological polar surface area (TPSA) is 26.7 Å². The number of likely N-dealkylation sites (N-methyl/N-ethyl adjacent to an activating group) is 2. The lowest BCUT2D eigenvalue weighted by Gasteiger charge is -2.38. The molecule has 20 heavy (non-hydrogen) atoms. The summed E-state index contributed by atoms with van der Waals surface area (Å²) in [6.45, 7) is 3.06. The van der Waals surface area contributed by atoms with Gasteiger partial charge in [0.1, 0.15) is 5.82 Å². The Balaban J connectivity index is 1.94. The number of halogens is 2. The second kappa shape index (κ2) is 6.98. The highest BCUT2D eigenvalue weighted by molar-refractivity contribution is 9.10. The van der Waals surface area contributed by atoms with E-state index in [9.17, 15) is 9.50 Å². The maximum atomic E-state index is 13.3. The Morgan fingerprint density at radius 2 is 2.15 bits per heavy atom. The summed E-state index contributed by atoms with van der Waals surface area (Å²) in [5, 5.41) is 10.3. The van der Waals surface area contributed by atoms with Crippen LogP contribution < -0.4 is 0 Å². The predicted molar refractivity (Wildman–Crippen MR) is 82.3 cm³/mol. The van der Waals surface area contributed by atoms with Gasteiger partial charge >= 0.3 is 0 Å². The Bertz CT molecular complexity index is 457. The Morgan fingerprint density at radius 1 is 1.40 bits per heavy atom. The molecule has 0 saturated carbocycles. The van der Waals surface area contributed by atoms with E-state index < -0.39 is 6.10 Å². The highest BCUT2D eigenvalue weighted by Gasteiger charge is 2.24. The molecule has 1 aliphatic rings. The molecule has 2 atom stereocenters. The zero-order valence-electron chi connectivity index (χ0n) is 12.0. The summed E-state index contributed by atoms with van der Waals surface area (Å²) in [7, 11) is 4.21. The zero-order chi connectivity index (χ0) is 14.7. The van der Waals surface area contributed by atoms with Gasteiger partial charge < -0.3 is 14.9 Å². The molecular weight excluding hydrogens is 323 g/mol. The van der Waals surface area contributed by atoms with Gasteiger partial charge in [-0.15, -0.1) is 0 Å². The van der Waals surface area contributed by atoms with Crippen molar-refractivity contribution in [1.82, 2.24) is 9.80 Å². The third-order valence-electron chi connectivity index (χ3n) is 3.99. The lowest BCUT2D eigenvalue weighted by molar-refractivity contribution is 0.0638. The van der Waals surface area contributed by atoms with Gasteiger partial charge in [0.05, 0.1) is 6.10 Å². The number of rotatable bonds is 4. The third kappa shape index (κ3) is 4.25. The summed E-state index contributed by atoms with van der Waals surface area (Å²) in [5.74, 6) is -0.259. The molecule has 2 unspecified atom stereocenters. The molecule has 0 amide bonds. The molecular formula is C15H22BrFN2O. The Labute approximate surface area is 128 Å². The second-order valence-electron chi connectivity index (χ2n) is 5.73. The van der Waals surface area contributed by atoms with E-state index in [0.29, 0.717) is 18.9 Å². The Hall–Kier alpha value is -0.490. The van der Waals surface area contributed by atoms with E-state index in [1.54, 1.807) is 6.07 Å². The van der Waals surface area contributed by atoms with Crippen LogP contribution in [-0.2, 0) is 6.42 Å². The average molecular weight is 345 g/mol. The van der Waals surface area contributed by atoms with Gasteiger partial charge in [0, 0.05) is 30.1 Å². The number of hydrogen-bond donors (Lipinski definition) is 1. The molecule has 1 aromatic carbocycles. The summed E-state index contributed by atoms with van der Waals surface area (Å²) >= 11 is 3.41. The molecule has 5 heteroatoms. The van der Waals surface area contributed by atoms with Crippen molar-refractivity contribution in [3.8, 4) is 0 Å². The zero-order valence-corrected chi connectivity index (χ0v) is 13.6. The van der Waals surface area contributed by atoms with Crippen LogP contribution in [0.15, 0.2) is 22.7 Å². The lowest BCUT2D eigenvalue weighted by Crippen LogP contribution is -2.51. The molecule has 0 aliphatic carbocycles. The van der Waals surface area contributed by atoms with Crippen LogP contribution in [0, 0.1) is 5.82 Å². The molecule has 1 saturated heterocycles. The molecule has 1 heterocycles. The molecule has 1 aromatic rings. The van der Waals surface area contributed by atoms with Crippen molar-refractivity contribution < 1.29 is 9.50 Å². The molecule has 0 spiro atoms. The number of piperazine rings is 1. The van der Waals surface area contributed by atoms with Crippen LogP contribution in [-0.4, -0.2) is 60.8 Å². The summed E-state index contributed by atoms with van der Waals surface area (Å²) in [6.07, 6.45) is 0.739. The lowest BCUT2D eigenvalue weighted by atomic mass is 9.99. The molecule has 0 radical (unpaired) electrons. The number of aliphatic hydroxyl groups is 1. The minimum absolute atomic E-state index is 0.259. The molecule has 112 valence electrons. The molecule has 0 bridgehead atoms. The maximum Gasteiger partial charge on any atom is 0.123 e. The van der Waals surface area contributed by atoms with Gasteiger partial charge in [-0.3, -0.25) is 0 Å². The summed E-state index contributed by atoms with van der Waals surface area (Å²) < 4.78 is 14.1. The van der Waals surface area contributed by atoms with Crippen molar-refractivity contribution in [3.63, 3.8) is 0 Å². The highest BCUT2D eigenvalue weighted by Crippen LogP contribution is 2.21. The number of benzene rings is 1. The van der Waals surface area contributed by atoms with Crippen LogP contribution in [0.2, 0.25) is 0 Å². The van der Waals surface area contributed by atoms with E-state index in [-0.39, 0.29) is 5.82 Å². The third-order valence-corrected chi connectivity index (χ3v) is 4.76. The van der Waals surface area contributed by atoms with Gasteiger partial charge in [0.15, 0.2) is 0 Å². The Morgan fingerprint density at radius 3 is 2.90 bits per heavy atom. The van der Waals surface area contributed by atoms with Gasteiger partial charge in [-0.2, -0.15) is 0 Å². The summed E-state index contributed by atoms with van der Waals surface area (Å²) in [4.78, 5) is 4.58. The van der Waals surface area contributed by atoms with Gasteiger partial charge in [-0.05, 0) is 50.7 Å². The fraction of sp³-hybridized carbons (Fsp3) is 0.600. The summed E-state index contributed by atoms with van der Waals surface area (Å²) in [5.41, 5.74) is 0.823. The van der Waals surface area contributed by atoms with E-state index >= 15 is 0 Å². The van der Waals surface area contributed by atoms with Crippen molar-refractivity contribution in [2.45, 2.75) is 25.0 Å². The first kappa shape index (κ1) is 15.9. The fourth-order valence-corrected chi connectivity index (χ4v) is 3.12. The van der Waals surface area contributed by atoms with E-state index in [1.807, 2.05) is 0 Å². The largest absolute Gasteiger partial charge is 0.393 e. The van der Waals surface area contributed by atoms with Crippen molar-refractivity contribution in [3.05, 3.63) is 34.1 Å². The van der Waals surface area contributed by atoms with E-state index in [0.717, 1.165) is 29.7 Å². The quantitative estimate of drug-likeness (QED) is 0.906. The second-order valence-corrected chi connectivity index (χ2v) is 6.58. The predicted octanol–water partition coefficient (Wildman–Crippen LogP) is 2.13. The van der Waals surface area contributed by atoms with Gasteiger partial charge in [-0.1, -0.05) is 15.9 Å². The van der Waals surface area contributed by atoms with Gasteiger partial charge in [-0.25, -0.2) is 4.39 Å². The number of aliphatic hydroxyl groups excluding tert-OH is 1. The normalized spacial score (nSPS) is 22.9. The van der Waals surface area contributed by atoms with Crippen molar-refractivity contribution in [2.24, 2.45) is 0 Å². The van der Waals surface area contributed by atoms with Crippen LogP contribution in [0.5, 0.6) is 0 Å². The molecule has 1 N–H and O–H groups in total. The van der Waals surface area contributed by atoms with E-state index in [4.69, 9.17) is 0 Å². The first-order valence-corrected chi connectivity index (χ1v) is 7.76. The van der Waals surface area contributed by atoms with Gasteiger partial charge in [0.2, 0.25) is 0 Å². The summed E-state index contributed by atoms with van der Waals surface area (Å²) in [6, 6.07) is 4.96. The minimum atomic E-state index is -0.452. The van der Waals surface area contributed by atoms with E-state index in [1.165, 1.54) is 12.1 Å². The van der Waals surface area contributed by atoms with E-state index in [2.05, 4.69) is 39.8 Å². The first-order valence-electron chi connectivity index (χ1n) is 6.96. The standard InChI is InChI=1S/C15H22BrFN2O/c1-18-5-6-19(2)13(10-18)9-14(20)8-11-7-12(17)3-4-15(11)16/h3-4,7,13-14,20H,5-6,8-10H2,1-2H3. The number of hydrogen-bond acceptors (Lipinski definition) is 3. The average Bonchev–Trinajstić information content (AvgIpc) is 2.38. The van der Waals surface area contributed by atoms with Crippen molar-refractivity contribution >= 4 is 15.9 Å². The monoisotopic (exact) mass is 344 g/mol. The van der Waals surface area contributed by atoms with Crippen LogP contribution in [0.1, 0.15) is 12.0 Å². The van der Waals surface area contributed by atoms with Crippen LogP contribution in [0.25, 0.3) is 0 Å². The van der Waals surface area contributed by atoms with Crippen molar-refractivity contribution in [1.29, 1.82) is 0 Å². The molecule has 1 fully saturated rings. The molecule has 1 aliphatic heterocycles. The Kier molecular flexibility index (Phi) is 5.55. The van der Waals surface area contributed by atoms with Crippen LogP contribution >= 0.6 is 15.9 Å². The number of nitrogens with zero attached hydrogens (tertiary/aromatic N) is 2. The first-order chi connectivity index (χ1) is 9.45. The minimum Gasteiger partial charge on any atom is -0.393 e. The molecule has 2 rings (SSSR count). The smallest absolute Gasteiger partial charge is 0.123 e. The van der Waals surface area contributed by atoms with Crippen LogP contribution in [0.4, 0.5) is 4.39 Å².